The predicted octanol–water partition coefficient (Wildman–Crippen LogP) is 7.13. The van der Waals surface area contributed by atoms with Crippen LogP contribution in [0.4, 0.5) is 66.5 Å². The molecule has 0 aliphatic rings. The molecule has 0 spiro atoms. The van der Waals surface area contributed by atoms with Gasteiger partial charge >= 0.3 is 12.1 Å². The minimum atomic E-state index is -0.404. The van der Waals surface area contributed by atoms with Crippen LogP contribution in [0.5, 0.6) is 0 Å². The SMILES string of the molecule is CN(c1ccc(NC(=O)Nc2ccc(N(C)c3ccc(C(=O)N(CCO)CCO)cc3)cc2)cc1)c1ccc(NC(=O)Nc2ccc(N(C)c3ccc(C(=O)N(CCO)CCO)cc3)cc2)cc1. The van der Waals surface area contributed by atoms with Gasteiger partial charge in [-0.05, 0) is 146 Å². The van der Waals surface area contributed by atoms with Crippen molar-refractivity contribution >= 4 is 80.8 Å². The van der Waals surface area contributed by atoms with Gasteiger partial charge in [-0.25, -0.2) is 9.59 Å². The lowest BCUT2D eigenvalue weighted by molar-refractivity contribution is 0.0680. The number of aliphatic hydroxyl groups excluding tert-OH is 4. The van der Waals surface area contributed by atoms with Crippen molar-refractivity contribution < 1.29 is 39.6 Å². The fourth-order valence-corrected chi connectivity index (χ4v) is 7.24. The molecule has 0 atom stereocenters. The molecule has 17 nitrogen and oxygen atoms in total. The number of amides is 6. The Hall–Kier alpha value is -7.96. The number of hydrogen-bond donors (Lipinski definition) is 8. The highest BCUT2D eigenvalue weighted by molar-refractivity contribution is 6.01. The van der Waals surface area contributed by atoms with Crippen molar-refractivity contribution in [3.8, 4) is 0 Å². The van der Waals surface area contributed by atoms with E-state index in [1.807, 2.05) is 133 Å². The monoisotopic (exact) mass is 923 g/mol. The Balaban J connectivity index is 0.944. The number of anilines is 10. The summed E-state index contributed by atoms with van der Waals surface area (Å²) in [5.74, 6) is -0.536. The Morgan fingerprint density at radius 1 is 0.338 bits per heavy atom. The second-order valence-corrected chi connectivity index (χ2v) is 15.6. The Morgan fingerprint density at radius 3 is 0.721 bits per heavy atom. The summed E-state index contributed by atoms with van der Waals surface area (Å²) in [5.41, 5.74) is 8.46. The van der Waals surface area contributed by atoms with Gasteiger partial charge in [-0.2, -0.15) is 0 Å². The van der Waals surface area contributed by atoms with Crippen molar-refractivity contribution in [2.24, 2.45) is 0 Å². The van der Waals surface area contributed by atoms with E-state index in [1.165, 1.54) is 9.80 Å². The number of hydrogen-bond acceptors (Lipinski definition) is 11. The largest absolute Gasteiger partial charge is 0.395 e. The van der Waals surface area contributed by atoms with Gasteiger partial charge < -0.3 is 66.2 Å². The van der Waals surface area contributed by atoms with Crippen molar-refractivity contribution in [3.05, 3.63) is 157 Å². The molecule has 0 heterocycles. The number of carbonyl (C=O) groups is 4. The van der Waals surface area contributed by atoms with Gasteiger partial charge in [0, 0.05) is 115 Å². The van der Waals surface area contributed by atoms with Crippen molar-refractivity contribution in [2.45, 2.75) is 0 Å². The first-order valence-corrected chi connectivity index (χ1v) is 21.9. The molecule has 0 aliphatic heterocycles. The second-order valence-electron chi connectivity index (χ2n) is 15.6. The lowest BCUT2D eigenvalue weighted by atomic mass is 10.1. The minimum Gasteiger partial charge on any atom is -0.395 e. The Bertz CT molecular complexity index is 2390. The van der Waals surface area contributed by atoms with Crippen LogP contribution in [0.2, 0.25) is 0 Å². The quantitative estimate of drug-likeness (QED) is 0.0386. The topological polar surface area (TPSA) is 214 Å². The molecule has 6 amide bonds. The zero-order valence-corrected chi connectivity index (χ0v) is 38.2. The van der Waals surface area contributed by atoms with Crippen LogP contribution in [0, 0.1) is 0 Å². The van der Waals surface area contributed by atoms with E-state index < -0.39 is 12.1 Å². The van der Waals surface area contributed by atoms with Crippen molar-refractivity contribution in [1.29, 1.82) is 0 Å². The van der Waals surface area contributed by atoms with Gasteiger partial charge in [-0.3, -0.25) is 9.59 Å². The number of urea groups is 2. The highest BCUT2D eigenvalue weighted by Gasteiger charge is 2.18. The maximum Gasteiger partial charge on any atom is 0.323 e. The Morgan fingerprint density at radius 2 is 0.529 bits per heavy atom. The van der Waals surface area contributed by atoms with Gasteiger partial charge in [0.15, 0.2) is 0 Å². The van der Waals surface area contributed by atoms with E-state index in [-0.39, 0.29) is 64.4 Å². The van der Waals surface area contributed by atoms with E-state index in [0.29, 0.717) is 33.9 Å². The van der Waals surface area contributed by atoms with Crippen LogP contribution in [-0.4, -0.2) is 128 Å². The molecule has 0 aliphatic carbocycles. The van der Waals surface area contributed by atoms with E-state index in [9.17, 15) is 39.6 Å². The van der Waals surface area contributed by atoms with Gasteiger partial charge in [0.05, 0.1) is 26.4 Å². The van der Waals surface area contributed by atoms with Gasteiger partial charge in [-0.15, -0.1) is 0 Å². The molecule has 6 aromatic rings. The van der Waals surface area contributed by atoms with E-state index in [4.69, 9.17) is 0 Å². The lowest BCUT2D eigenvalue weighted by Crippen LogP contribution is -2.35. The normalized spacial score (nSPS) is 10.7. The van der Waals surface area contributed by atoms with Crippen LogP contribution in [0.15, 0.2) is 146 Å². The highest BCUT2D eigenvalue weighted by atomic mass is 16.3. The maximum absolute atomic E-state index is 12.9. The Labute approximate surface area is 395 Å². The number of carbonyl (C=O) groups excluding carboxylic acids is 4. The van der Waals surface area contributed by atoms with Crippen molar-refractivity contribution in [1.82, 2.24) is 9.80 Å². The molecule has 0 saturated carbocycles. The van der Waals surface area contributed by atoms with Crippen molar-refractivity contribution in [3.63, 3.8) is 0 Å². The molecule has 0 saturated heterocycles. The molecule has 0 aromatic heterocycles. The highest BCUT2D eigenvalue weighted by Crippen LogP contribution is 2.29. The predicted molar refractivity (Wildman–Crippen MR) is 268 cm³/mol. The number of aliphatic hydroxyl groups is 4. The molecule has 6 rings (SSSR count). The van der Waals surface area contributed by atoms with Crippen LogP contribution in [0.3, 0.4) is 0 Å². The third-order valence-electron chi connectivity index (χ3n) is 11.1. The number of benzene rings is 6. The molecule has 0 radical (unpaired) electrons. The fraction of sp³-hybridized carbons (Fsp3) is 0.216. The van der Waals surface area contributed by atoms with Gasteiger partial charge in [-0.1, -0.05) is 0 Å². The zero-order valence-electron chi connectivity index (χ0n) is 38.2. The number of rotatable bonds is 20. The molecule has 17 heteroatoms. The van der Waals surface area contributed by atoms with Gasteiger partial charge in [0.1, 0.15) is 0 Å². The van der Waals surface area contributed by atoms with E-state index >= 15 is 0 Å². The smallest absolute Gasteiger partial charge is 0.323 e. The first-order valence-electron chi connectivity index (χ1n) is 21.9. The van der Waals surface area contributed by atoms with Crippen LogP contribution < -0.4 is 36.0 Å². The third kappa shape index (κ3) is 13.1. The summed E-state index contributed by atoms with van der Waals surface area (Å²) < 4.78 is 0. The van der Waals surface area contributed by atoms with E-state index in [0.717, 1.165) is 34.1 Å². The number of nitrogens with zero attached hydrogens (tertiary/aromatic N) is 5. The second kappa shape index (κ2) is 24.0. The first-order chi connectivity index (χ1) is 32.9. The molecule has 354 valence electrons. The van der Waals surface area contributed by atoms with Crippen LogP contribution in [0.25, 0.3) is 0 Å². The summed E-state index contributed by atoms with van der Waals surface area (Å²) in [7, 11) is 5.70. The summed E-state index contributed by atoms with van der Waals surface area (Å²) in [6, 6.07) is 42.8. The molecule has 0 unspecified atom stereocenters. The van der Waals surface area contributed by atoms with Crippen LogP contribution in [0.1, 0.15) is 20.7 Å². The standard InChI is InChI=1S/C51H57N9O8/c1-56(42-16-4-36(5-17-42)48(65)59(28-32-61)29-33-62)44-20-8-38(9-21-44)52-50(67)54-40-12-24-46(25-13-40)58(3)47-26-14-41(15-27-47)55-51(68)53-39-10-22-45(23-11-39)57(2)43-18-6-37(7-19-43)49(66)60(30-34-63)31-35-64/h4-27,61-64H,28-35H2,1-3H3,(H2,52,54,67)(H2,53,55,68). The summed E-state index contributed by atoms with van der Waals surface area (Å²) in [6.07, 6.45) is 0. The fourth-order valence-electron chi connectivity index (χ4n) is 7.24. The van der Waals surface area contributed by atoms with E-state index in [1.54, 1.807) is 48.5 Å². The summed E-state index contributed by atoms with van der Waals surface area (Å²) in [4.78, 5) is 60.0. The first kappa shape index (κ1) is 49.5. The summed E-state index contributed by atoms with van der Waals surface area (Å²) in [5, 5.41) is 48.5. The minimum absolute atomic E-state index is 0.139. The average molecular weight is 924 g/mol. The molecular formula is C51H57N9O8. The van der Waals surface area contributed by atoms with Crippen LogP contribution in [-0.2, 0) is 0 Å². The van der Waals surface area contributed by atoms with Crippen LogP contribution >= 0.6 is 0 Å². The van der Waals surface area contributed by atoms with E-state index in [2.05, 4.69) is 21.3 Å². The molecular weight excluding hydrogens is 867 g/mol. The molecule has 6 aromatic carbocycles. The number of nitrogens with one attached hydrogen (secondary N) is 4. The molecule has 0 fully saturated rings. The van der Waals surface area contributed by atoms with Gasteiger partial charge in [0.25, 0.3) is 11.8 Å². The lowest BCUT2D eigenvalue weighted by Gasteiger charge is -2.22. The summed E-state index contributed by atoms with van der Waals surface area (Å²) in [6.45, 7) is -0.208. The molecule has 8 N–H and O–H groups in total. The summed E-state index contributed by atoms with van der Waals surface area (Å²) >= 11 is 0. The van der Waals surface area contributed by atoms with Gasteiger partial charge in [0.2, 0.25) is 0 Å². The zero-order chi connectivity index (χ0) is 48.6. The molecule has 0 bridgehead atoms. The average Bonchev–Trinajstić information content (AvgIpc) is 3.36. The van der Waals surface area contributed by atoms with Crippen molar-refractivity contribution in [2.75, 3.05) is 110 Å². The third-order valence-corrected chi connectivity index (χ3v) is 11.1. The maximum atomic E-state index is 12.9. The Kier molecular flexibility index (Phi) is 17.5. The molecule has 68 heavy (non-hydrogen) atoms.